The number of anilines is 1. The number of hydrogen-bond donors (Lipinski definition) is 1. The molecule has 1 heterocycles. The van der Waals surface area contributed by atoms with Gasteiger partial charge in [-0.25, -0.2) is 0 Å². The van der Waals surface area contributed by atoms with Gasteiger partial charge in [0, 0.05) is 34.4 Å². The Hall–Kier alpha value is -0.290. The molecule has 1 aromatic carbocycles. The zero-order valence-corrected chi connectivity index (χ0v) is 13.1. The van der Waals surface area contributed by atoms with Crippen molar-refractivity contribution in [3.05, 3.63) is 27.3 Å². The number of nitrogens with one attached hydrogen (secondary N) is 1. The molecule has 0 spiro atoms. The van der Waals surface area contributed by atoms with Gasteiger partial charge in [-0.15, -0.1) is 0 Å². The van der Waals surface area contributed by atoms with Crippen LogP contribution in [-0.4, -0.2) is 25.2 Å². The smallest absolute Gasteiger partial charge is 0.0377 e. The van der Waals surface area contributed by atoms with Gasteiger partial charge in [0.1, 0.15) is 0 Å². The number of benzene rings is 1. The van der Waals surface area contributed by atoms with Crippen molar-refractivity contribution in [1.29, 1.82) is 0 Å². The summed E-state index contributed by atoms with van der Waals surface area (Å²) in [5, 5.41) is 3.77. The molecule has 1 saturated carbocycles. The average Bonchev–Trinajstić information content (AvgIpc) is 3.17. The Bertz CT molecular complexity index is 429. The third-order valence-corrected chi connectivity index (χ3v) is 5.15. The lowest BCUT2D eigenvalue weighted by Crippen LogP contribution is -2.46. The van der Waals surface area contributed by atoms with Gasteiger partial charge in [0.25, 0.3) is 0 Å². The van der Waals surface area contributed by atoms with Crippen LogP contribution in [0.3, 0.4) is 0 Å². The van der Waals surface area contributed by atoms with Gasteiger partial charge in [0.15, 0.2) is 0 Å². The first kappa shape index (κ1) is 12.7. The molecule has 1 atom stereocenters. The van der Waals surface area contributed by atoms with E-state index in [1.807, 2.05) is 0 Å². The third kappa shape index (κ3) is 2.99. The maximum atomic E-state index is 3.77. The summed E-state index contributed by atoms with van der Waals surface area (Å²) in [6.07, 6.45) is 5.43. The van der Waals surface area contributed by atoms with Crippen LogP contribution in [0.4, 0.5) is 5.69 Å². The minimum atomic E-state index is 0.699. The summed E-state index contributed by atoms with van der Waals surface area (Å²) >= 11 is 2.44. The predicted octanol–water partition coefficient (Wildman–Crippen LogP) is 3.32. The summed E-state index contributed by atoms with van der Waals surface area (Å²) in [6.45, 7) is 4.57. The first-order valence-electron chi connectivity index (χ1n) is 6.99. The van der Waals surface area contributed by atoms with Crippen LogP contribution in [0.2, 0.25) is 0 Å². The van der Waals surface area contributed by atoms with Crippen LogP contribution in [0.15, 0.2) is 18.2 Å². The lowest BCUT2D eigenvalue weighted by atomic mass is 10.0. The average molecular weight is 356 g/mol. The van der Waals surface area contributed by atoms with Crippen LogP contribution < -0.4 is 10.2 Å². The van der Waals surface area contributed by atoms with Gasteiger partial charge < -0.3 is 10.2 Å². The largest absolute Gasteiger partial charge is 0.370 e. The molecular formula is C15H21IN2. The van der Waals surface area contributed by atoms with E-state index in [2.05, 4.69) is 57.9 Å². The summed E-state index contributed by atoms with van der Waals surface area (Å²) in [4.78, 5) is 2.55. The van der Waals surface area contributed by atoms with Gasteiger partial charge in [-0.05, 0) is 72.9 Å². The fourth-order valence-corrected chi connectivity index (χ4v) is 3.21. The van der Waals surface area contributed by atoms with E-state index >= 15 is 0 Å². The van der Waals surface area contributed by atoms with E-state index in [1.165, 1.54) is 53.6 Å². The van der Waals surface area contributed by atoms with Crippen LogP contribution >= 0.6 is 22.6 Å². The molecule has 1 unspecified atom stereocenters. The van der Waals surface area contributed by atoms with Crippen LogP contribution in [0, 0.1) is 10.5 Å². The highest BCUT2D eigenvalue weighted by atomic mass is 127. The van der Waals surface area contributed by atoms with E-state index in [0.29, 0.717) is 6.04 Å². The molecule has 1 aromatic rings. The minimum Gasteiger partial charge on any atom is -0.370 e. The molecule has 2 fully saturated rings. The second kappa shape index (κ2) is 5.37. The van der Waals surface area contributed by atoms with E-state index in [1.54, 1.807) is 0 Å². The lowest BCUT2D eigenvalue weighted by molar-refractivity contribution is 0.420. The highest BCUT2D eigenvalue weighted by Crippen LogP contribution is 2.26. The van der Waals surface area contributed by atoms with Crippen molar-refractivity contribution < 1.29 is 0 Å². The summed E-state index contributed by atoms with van der Waals surface area (Å²) in [6, 6.07) is 8.37. The molecule has 1 aliphatic carbocycles. The number of hydrogen-bond acceptors (Lipinski definition) is 2. The molecular weight excluding hydrogens is 335 g/mol. The second-order valence-corrected chi connectivity index (χ2v) is 6.82. The fourth-order valence-electron chi connectivity index (χ4n) is 2.71. The third-order valence-electron chi connectivity index (χ3n) is 3.99. The van der Waals surface area contributed by atoms with Crippen molar-refractivity contribution in [2.45, 2.75) is 44.7 Å². The Kier molecular flexibility index (Phi) is 3.80. The van der Waals surface area contributed by atoms with Crippen molar-refractivity contribution in [1.82, 2.24) is 5.32 Å². The molecule has 98 valence electrons. The Balaban J connectivity index is 1.68. The fraction of sp³-hybridized carbons (Fsp3) is 0.600. The number of piperidine rings is 1. The molecule has 0 radical (unpaired) electrons. The summed E-state index contributed by atoms with van der Waals surface area (Å²) in [7, 11) is 0. The van der Waals surface area contributed by atoms with E-state index in [9.17, 15) is 0 Å². The molecule has 2 aliphatic rings. The number of halogens is 1. The van der Waals surface area contributed by atoms with Crippen molar-refractivity contribution in [3.63, 3.8) is 0 Å². The molecule has 1 aliphatic heterocycles. The molecule has 3 heteroatoms. The summed E-state index contributed by atoms with van der Waals surface area (Å²) in [5.74, 6) is 0. The quantitative estimate of drug-likeness (QED) is 0.836. The minimum absolute atomic E-state index is 0.699. The topological polar surface area (TPSA) is 15.3 Å². The molecule has 2 nitrogen and oxygen atoms in total. The summed E-state index contributed by atoms with van der Waals surface area (Å²) < 4.78 is 1.38. The lowest BCUT2D eigenvalue weighted by Gasteiger charge is -2.35. The number of rotatable bonds is 3. The van der Waals surface area contributed by atoms with Crippen LogP contribution in [0.25, 0.3) is 0 Å². The standard InChI is InChI=1S/C15H21IN2/c1-11-4-7-14(9-15(11)16)18-8-2-3-13(10-18)17-12-5-6-12/h4,7,9,12-13,17H,2-3,5-6,8,10H2,1H3. The summed E-state index contributed by atoms with van der Waals surface area (Å²) in [5.41, 5.74) is 2.77. The first-order valence-corrected chi connectivity index (χ1v) is 8.07. The van der Waals surface area contributed by atoms with Gasteiger partial charge in [0.05, 0.1) is 0 Å². The van der Waals surface area contributed by atoms with Crippen LogP contribution in [-0.2, 0) is 0 Å². The monoisotopic (exact) mass is 356 g/mol. The van der Waals surface area contributed by atoms with E-state index < -0.39 is 0 Å². The van der Waals surface area contributed by atoms with Gasteiger partial charge >= 0.3 is 0 Å². The zero-order valence-electron chi connectivity index (χ0n) is 11.0. The van der Waals surface area contributed by atoms with E-state index in [4.69, 9.17) is 0 Å². The van der Waals surface area contributed by atoms with Gasteiger partial charge in [-0.1, -0.05) is 6.07 Å². The number of nitrogens with zero attached hydrogens (tertiary/aromatic N) is 1. The predicted molar refractivity (Wildman–Crippen MR) is 85.3 cm³/mol. The first-order chi connectivity index (χ1) is 8.72. The maximum absolute atomic E-state index is 3.77. The Morgan fingerprint density at radius 1 is 1.22 bits per heavy atom. The normalized spacial score (nSPS) is 24.3. The molecule has 0 aromatic heterocycles. The van der Waals surface area contributed by atoms with Crippen LogP contribution in [0.1, 0.15) is 31.2 Å². The maximum Gasteiger partial charge on any atom is 0.0377 e. The molecule has 1 N–H and O–H groups in total. The highest BCUT2D eigenvalue weighted by Gasteiger charge is 2.27. The molecule has 0 amide bonds. The van der Waals surface area contributed by atoms with E-state index in [-0.39, 0.29) is 0 Å². The Morgan fingerprint density at radius 3 is 2.78 bits per heavy atom. The van der Waals surface area contributed by atoms with Crippen molar-refractivity contribution in [2.24, 2.45) is 0 Å². The van der Waals surface area contributed by atoms with Crippen molar-refractivity contribution >= 4 is 28.3 Å². The molecule has 0 bridgehead atoms. The molecule has 18 heavy (non-hydrogen) atoms. The second-order valence-electron chi connectivity index (χ2n) is 5.66. The SMILES string of the molecule is Cc1ccc(N2CCCC(NC3CC3)C2)cc1I. The van der Waals surface area contributed by atoms with Crippen LogP contribution in [0.5, 0.6) is 0 Å². The Labute approximate surface area is 123 Å². The molecule has 1 saturated heterocycles. The number of aryl methyl sites for hydroxylation is 1. The molecule has 3 rings (SSSR count). The van der Waals surface area contributed by atoms with Gasteiger partial charge in [-0.3, -0.25) is 0 Å². The van der Waals surface area contributed by atoms with E-state index in [0.717, 1.165) is 6.04 Å². The highest BCUT2D eigenvalue weighted by molar-refractivity contribution is 14.1. The van der Waals surface area contributed by atoms with Crippen molar-refractivity contribution in [3.8, 4) is 0 Å². The van der Waals surface area contributed by atoms with Crippen molar-refractivity contribution in [2.75, 3.05) is 18.0 Å². The van der Waals surface area contributed by atoms with Gasteiger partial charge in [0.2, 0.25) is 0 Å². The zero-order chi connectivity index (χ0) is 12.5. The van der Waals surface area contributed by atoms with Gasteiger partial charge in [-0.2, -0.15) is 0 Å². The Morgan fingerprint density at radius 2 is 2.06 bits per heavy atom.